The van der Waals surface area contributed by atoms with Gasteiger partial charge in [0.2, 0.25) is 0 Å². The molecule has 0 spiro atoms. The van der Waals surface area contributed by atoms with Gasteiger partial charge in [0.25, 0.3) is 5.91 Å². The Labute approximate surface area is 141 Å². The number of carbonyl (C=O) groups is 1. The third kappa shape index (κ3) is 3.19. The molecule has 1 aromatic carbocycles. The van der Waals surface area contributed by atoms with Crippen molar-refractivity contribution in [2.24, 2.45) is 10.4 Å². The highest BCUT2D eigenvalue weighted by atomic mass is 32.1. The van der Waals surface area contributed by atoms with E-state index in [2.05, 4.69) is 14.5 Å². The van der Waals surface area contributed by atoms with Crippen molar-refractivity contribution in [3.05, 3.63) is 34.1 Å². The van der Waals surface area contributed by atoms with Crippen LogP contribution in [0.15, 0.2) is 29.4 Å². The van der Waals surface area contributed by atoms with Gasteiger partial charge >= 0.3 is 6.29 Å². The largest absolute Gasteiger partial charge is 0.586 e. The van der Waals surface area contributed by atoms with Crippen LogP contribution in [0.25, 0.3) is 5.69 Å². The van der Waals surface area contributed by atoms with Crippen molar-refractivity contribution < 1.29 is 23.0 Å². The van der Waals surface area contributed by atoms with E-state index in [1.807, 2.05) is 6.92 Å². The van der Waals surface area contributed by atoms with Gasteiger partial charge in [-0.1, -0.05) is 20.8 Å². The van der Waals surface area contributed by atoms with Gasteiger partial charge in [0.15, 0.2) is 16.3 Å². The topological polar surface area (TPSA) is 52.8 Å². The summed E-state index contributed by atoms with van der Waals surface area (Å²) in [6.45, 7) is 7.23. The van der Waals surface area contributed by atoms with Gasteiger partial charge in [-0.15, -0.1) is 20.1 Å². The summed E-state index contributed by atoms with van der Waals surface area (Å²) in [6, 6.07) is 4.44. The quantitative estimate of drug-likeness (QED) is 0.786. The van der Waals surface area contributed by atoms with E-state index in [4.69, 9.17) is 0 Å². The van der Waals surface area contributed by atoms with Crippen molar-refractivity contribution >= 4 is 17.2 Å². The molecule has 0 N–H and O–H groups in total. The molecule has 0 saturated heterocycles. The lowest BCUT2D eigenvalue weighted by molar-refractivity contribution is -0.286. The predicted molar refractivity (Wildman–Crippen MR) is 84.6 cm³/mol. The molecule has 8 heteroatoms. The number of halogens is 2. The maximum atomic E-state index is 13.1. The lowest BCUT2D eigenvalue weighted by Gasteiger charge is -2.12. The summed E-state index contributed by atoms with van der Waals surface area (Å²) >= 11 is 1.34. The number of nitrogens with zero attached hydrogens (tertiary/aromatic N) is 2. The molecule has 3 rings (SSSR count). The number of ether oxygens (including phenoxy) is 2. The molecule has 0 saturated carbocycles. The zero-order valence-corrected chi connectivity index (χ0v) is 14.4. The van der Waals surface area contributed by atoms with Gasteiger partial charge in [-0.3, -0.25) is 9.36 Å². The molecule has 0 unspecified atom stereocenters. The molecule has 2 aromatic rings. The van der Waals surface area contributed by atoms with Crippen LogP contribution in [0.1, 0.15) is 25.6 Å². The number of carbonyl (C=O) groups excluding carboxylic acids is 1. The second kappa shape index (κ2) is 5.41. The molecule has 2 heterocycles. The van der Waals surface area contributed by atoms with Crippen LogP contribution in [0.5, 0.6) is 11.5 Å². The third-order valence-corrected chi connectivity index (χ3v) is 4.17. The monoisotopic (exact) mass is 354 g/mol. The molecule has 24 heavy (non-hydrogen) atoms. The second-order valence-corrected chi connectivity index (χ2v) is 7.67. The van der Waals surface area contributed by atoms with Gasteiger partial charge in [0, 0.05) is 22.6 Å². The molecule has 0 fully saturated rings. The molecular formula is C16H16F2N2O3S. The van der Waals surface area contributed by atoms with Gasteiger partial charge in [-0.05, 0) is 19.1 Å². The Balaban J connectivity index is 2.07. The number of benzene rings is 1. The van der Waals surface area contributed by atoms with E-state index in [1.165, 1.54) is 23.5 Å². The first-order valence-corrected chi connectivity index (χ1v) is 8.05. The Hall–Kier alpha value is -2.22. The molecule has 0 aliphatic carbocycles. The maximum absolute atomic E-state index is 13.1. The highest BCUT2D eigenvalue weighted by Gasteiger charge is 2.43. The fourth-order valence-electron chi connectivity index (χ4n) is 2.06. The molecule has 1 aromatic heterocycles. The molecule has 1 aliphatic heterocycles. The number of rotatable bonds is 1. The number of amides is 1. The number of fused-ring (bicyclic) bond motifs is 1. The lowest BCUT2D eigenvalue weighted by Crippen LogP contribution is -2.26. The number of hydrogen-bond acceptors (Lipinski definition) is 4. The molecule has 128 valence electrons. The summed E-state index contributed by atoms with van der Waals surface area (Å²) in [5.41, 5.74) is -0.0491. The number of thiazole rings is 1. The highest BCUT2D eigenvalue weighted by Crippen LogP contribution is 2.41. The first kappa shape index (κ1) is 16.6. The average molecular weight is 354 g/mol. The van der Waals surface area contributed by atoms with Crippen LogP contribution in [-0.4, -0.2) is 16.8 Å². The second-order valence-electron chi connectivity index (χ2n) is 6.46. The first-order chi connectivity index (χ1) is 11.0. The standard InChI is InChI=1S/C16H16F2N2O3S/c1-9-8-20(14(24-9)19-13(21)15(2,3)4)10-5-6-11-12(7-10)23-16(17,18)22-11/h5-8H,1-4H3/b19-14-. The van der Waals surface area contributed by atoms with Gasteiger partial charge in [-0.25, -0.2) is 0 Å². The number of hydrogen-bond donors (Lipinski definition) is 0. The van der Waals surface area contributed by atoms with Crippen molar-refractivity contribution in [3.8, 4) is 17.2 Å². The molecule has 0 radical (unpaired) electrons. The Morgan fingerprint density at radius 1 is 1.25 bits per heavy atom. The minimum Gasteiger partial charge on any atom is -0.395 e. The van der Waals surface area contributed by atoms with Gasteiger partial charge in [0.05, 0.1) is 5.69 Å². The van der Waals surface area contributed by atoms with Crippen LogP contribution >= 0.6 is 11.3 Å². The molecule has 0 bridgehead atoms. The Morgan fingerprint density at radius 2 is 1.92 bits per heavy atom. The minimum absolute atomic E-state index is 0.0273. The summed E-state index contributed by atoms with van der Waals surface area (Å²) in [6.07, 6.45) is -1.87. The van der Waals surface area contributed by atoms with Gasteiger partial charge < -0.3 is 9.47 Å². The maximum Gasteiger partial charge on any atom is 0.586 e. The fraction of sp³-hybridized carbons (Fsp3) is 0.375. The van der Waals surface area contributed by atoms with Crippen LogP contribution in [0.2, 0.25) is 0 Å². The van der Waals surface area contributed by atoms with E-state index < -0.39 is 11.7 Å². The van der Waals surface area contributed by atoms with Gasteiger partial charge in [0.1, 0.15) is 0 Å². The van der Waals surface area contributed by atoms with Crippen molar-refractivity contribution in [2.45, 2.75) is 34.0 Å². The van der Waals surface area contributed by atoms with Crippen LogP contribution < -0.4 is 14.3 Å². The molecule has 1 aliphatic rings. The van der Waals surface area contributed by atoms with E-state index in [-0.39, 0.29) is 17.4 Å². The van der Waals surface area contributed by atoms with Crippen LogP contribution in [0.3, 0.4) is 0 Å². The van der Waals surface area contributed by atoms with Crippen LogP contribution in [0.4, 0.5) is 8.78 Å². The van der Waals surface area contributed by atoms with E-state index in [0.717, 1.165) is 4.88 Å². The van der Waals surface area contributed by atoms with Gasteiger partial charge in [-0.2, -0.15) is 4.99 Å². The lowest BCUT2D eigenvalue weighted by atomic mass is 9.96. The minimum atomic E-state index is -3.66. The molecule has 1 amide bonds. The number of aromatic nitrogens is 1. The van der Waals surface area contributed by atoms with Crippen molar-refractivity contribution in [1.82, 2.24) is 4.57 Å². The van der Waals surface area contributed by atoms with E-state index in [1.54, 1.807) is 37.6 Å². The SMILES string of the molecule is Cc1cn(-c2ccc3c(c2)OC(F)(F)O3)/c(=N/C(=O)C(C)(C)C)s1. The van der Waals surface area contributed by atoms with Crippen LogP contribution in [0, 0.1) is 12.3 Å². The number of alkyl halides is 2. The third-order valence-electron chi connectivity index (χ3n) is 3.27. The zero-order valence-electron chi connectivity index (χ0n) is 13.6. The predicted octanol–water partition coefficient (Wildman–Crippen LogP) is 3.64. The fourth-order valence-corrected chi connectivity index (χ4v) is 2.89. The first-order valence-electron chi connectivity index (χ1n) is 7.24. The molecule has 5 nitrogen and oxygen atoms in total. The Bertz CT molecular complexity index is 878. The van der Waals surface area contributed by atoms with Crippen molar-refractivity contribution in [2.75, 3.05) is 0 Å². The summed E-state index contributed by atoms with van der Waals surface area (Å²) in [4.78, 5) is 17.8. The summed E-state index contributed by atoms with van der Waals surface area (Å²) in [7, 11) is 0. The highest BCUT2D eigenvalue weighted by molar-refractivity contribution is 7.09. The summed E-state index contributed by atoms with van der Waals surface area (Å²) in [5.74, 6) is -0.340. The molecular weight excluding hydrogens is 338 g/mol. The molecule has 0 atom stereocenters. The van der Waals surface area contributed by atoms with E-state index in [9.17, 15) is 13.6 Å². The van der Waals surface area contributed by atoms with Crippen molar-refractivity contribution in [3.63, 3.8) is 0 Å². The normalized spacial score (nSPS) is 16.5. The zero-order chi connectivity index (χ0) is 17.7. The van der Waals surface area contributed by atoms with E-state index in [0.29, 0.717) is 10.5 Å². The Morgan fingerprint density at radius 3 is 2.58 bits per heavy atom. The smallest absolute Gasteiger partial charge is 0.395 e. The van der Waals surface area contributed by atoms with E-state index >= 15 is 0 Å². The van der Waals surface area contributed by atoms with Crippen LogP contribution in [-0.2, 0) is 4.79 Å². The summed E-state index contributed by atoms with van der Waals surface area (Å²) < 4.78 is 36.8. The Kier molecular flexibility index (Phi) is 3.75. The van der Waals surface area contributed by atoms with Crippen molar-refractivity contribution in [1.29, 1.82) is 0 Å². The summed E-state index contributed by atoms with van der Waals surface area (Å²) in [5, 5.41) is 0. The average Bonchev–Trinajstić information content (AvgIpc) is 2.94. The number of aryl methyl sites for hydroxylation is 1.